The second-order valence-corrected chi connectivity index (χ2v) is 10.6. The Morgan fingerprint density at radius 2 is 1.74 bits per heavy atom. The van der Waals surface area contributed by atoms with Crippen LogP contribution in [0.2, 0.25) is 15.1 Å². The summed E-state index contributed by atoms with van der Waals surface area (Å²) in [4.78, 5) is 14.7. The molecule has 2 N–H and O–H groups in total. The monoisotopic (exact) mass is 536 g/mol. The van der Waals surface area contributed by atoms with Crippen LogP contribution in [0.4, 0.5) is 5.69 Å². The van der Waals surface area contributed by atoms with Gasteiger partial charge in [0.15, 0.2) is 0 Å². The molecule has 0 aliphatic heterocycles. The Bertz CT molecular complexity index is 1520. The molecule has 0 radical (unpaired) electrons. The van der Waals surface area contributed by atoms with Crippen molar-refractivity contribution in [3.8, 4) is 11.3 Å². The summed E-state index contributed by atoms with van der Waals surface area (Å²) in [7, 11) is -4.12. The van der Waals surface area contributed by atoms with Gasteiger partial charge in [-0.2, -0.15) is 0 Å². The van der Waals surface area contributed by atoms with E-state index in [-0.39, 0.29) is 33.6 Å². The number of benzene rings is 3. The van der Waals surface area contributed by atoms with Crippen LogP contribution in [-0.4, -0.2) is 31.0 Å². The maximum absolute atomic E-state index is 13.7. The van der Waals surface area contributed by atoms with Gasteiger partial charge in [0.25, 0.3) is 10.0 Å². The SMILES string of the molecule is CCN(c1ccc(Cl)cc1Cl)S(=O)(=O)c1cc(-c2[nH]c3ccccc3c2CC(=O)O)ccc1Cl. The van der Waals surface area contributed by atoms with Gasteiger partial charge >= 0.3 is 5.97 Å². The van der Waals surface area contributed by atoms with Gasteiger partial charge in [0.05, 0.1) is 27.8 Å². The topological polar surface area (TPSA) is 90.5 Å². The Hall–Kier alpha value is -2.71. The van der Waals surface area contributed by atoms with Crippen LogP contribution < -0.4 is 4.31 Å². The number of nitrogens with zero attached hydrogens (tertiary/aromatic N) is 1. The van der Waals surface area contributed by atoms with E-state index in [0.717, 1.165) is 15.2 Å². The van der Waals surface area contributed by atoms with Crippen LogP contribution >= 0.6 is 34.8 Å². The van der Waals surface area contributed by atoms with Gasteiger partial charge in [0.1, 0.15) is 4.90 Å². The first-order valence-corrected chi connectivity index (χ1v) is 12.8. The van der Waals surface area contributed by atoms with Gasteiger partial charge in [0.2, 0.25) is 0 Å². The van der Waals surface area contributed by atoms with E-state index in [9.17, 15) is 18.3 Å². The highest BCUT2D eigenvalue weighted by atomic mass is 35.5. The number of hydrogen-bond donors (Lipinski definition) is 2. The lowest BCUT2D eigenvalue weighted by Crippen LogP contribution is -2.31. The molecule has 0 bridgehead atoms. The van der Waals surface area contributed by atoms with Crippen LogP contribution in [0.5, 0.6) is 0 Å². The minimum absolute atomic E-state index is 0.0307. The molecule has 0 aliphatic carbocycles. The minimum atomic E-state index is -4.12. The number of nitrogens with one attached hydrogen (secondary N) is 1. The molecule has 0 spiro atoms. The van der Waals surface area contributed by atoms with Gasteiger partial charge in [-0.15, -0.1) is 0 Å². The van der Waals surface area contributed by atoms with Gasteiger partial charge in [-0.25, -0.2) is 8.42 Å². The predicted octanol–water partition coefficient (Wildman–Crippen LogP) is 6.64. The first kappa shape index (κ1) is 24.4. The van der Waals surface area contributed by atoms with Crippen LogP contribution in [0.1, 0.15) is 12.5 Å². The highest BCUT2D eigenvalue weighted by Crippen LogP contribution is 2.37. The number of rotatable bonds is 7. The number of hydrogen-bond acceptors (Lipinski definition) is 3. The number of anilines is 1. The van der Waals surface area contributed by atoms with Crippen molar-refractivity contribution in [3.63, 3.8) is 0 Å². The van der Waals surface area contributed by atoms with Crippen LogP contribution in [0.25, 0.3) is 22.2 Å². The minimum Gasteiger partial charge on any atom is -0.481 e. The number of halogens is 3. The van der Waals surface area contributed by atoms with E-state index in [2.05, 4.69) is 4.98 Å². The highest BCUT2D eigenvalue weighted by molar-refractivity contribution is 7.93. The van der Waals surface area contributed by atoms with Crippen molar-refractivity contribution < 1.29 is 18.3 Å². The normalized spacial score (nSPS) is 11.6. The molecular formula is C24H19Cl3N2O4S. The Morgan fingerprint density at radius 3 is 2.41 bits per heavy atom. The zero-order chi connectivity index (χ0) is 24.6. The Kier molecular flexibility index (Phi) is 6.82. The fourth-order valence-electron chi connectivity index (χ4n) is 3.91. The number of H-pyrrole nitrogens is 1. The fraction of sp³-hybridized carbons (Fsp3) is 0.125. The fourth-order valence-corrected chi connectivity index (χ4v) is 6.47. The molecule has 0 saturated carbocycles. The molecule has 176 valence electrons. The molecular weight excluding hydrogens is 519 g/mol. The van der Waals surface area contributed by atoms with Crippen molar-refractivity contribution in [1.82, 2.24) is 4.98 Å². The maximum atomic E-state index is 13.7. The van der Waals surface area contributed by atoms with Gasteiger partial charge in [-0.3, -0.25) is 9.10 Å². The van der Waals surface area contributed by atoms with Gasteiger partial charge in [-0.05, 0) is 54.4 Å². The van der Waals surface area contributed by atoms with E-state index in [1.165, 1.54) is 24.3 Å². The number of aromatic amines is 1. The molecule has 0 amide bonds. The lowest BCUT2D eigenvalue weighted by atomic mass is 10.0. The van der Waals surface area contributed by atoms with Crippen LogP contribution in [0.15, 0.2) is 65.6 Å². The number of aliphatic carboxylic acids is 1. The van der Waals surface area contributed by atoms with Crippen molar-refractivity contribution >= 4 is 67.4 Å². The third-order valence-electron chi connectivity index (χ3n) is 5.40. The summed E-state index contributed by atoms with van der Waals surface area (Å²) < 4.78 is 28.5. The summed E-state index contributed by atoms with van der Waals surface area (Å²) in [5.74, 6) is -0.998. The Labute approximate surface area is 211 Å². The number of fused-ring (bicyclic) bond motifs is 1. The van der Waals surface area contributed by atoms with Crippen LogP contribution in [0, 0.1) is 0 Å². The van der Waals surface area contributed by atoms with E-state index >= 15 is 0 Å². The third kappa shape index (κ3) is 4.49. The Balaban J connectivity index is 1.88. The van der Waals surface area contributed by atoms with E-state index in [1.54, 1.807) is 19.1 Å². The summed E-state index contributed by atoms with van der Waals surface area (Å²) >= 11 is 18.6. The number of carboxylic acids is 1. The molecule has 0 fully saturated rings. The second kappa shape index (κ2) is 9.50. The summed E-state index contributed by atoms with van der Waals surface area (Å²) in [5.41, 5.74) is 2.59. The molecule has 4 rings (SSSR count). The maximum Gasteiger partial charge on any atom is 0.307 e. The smallest absolute Gasteiger partial charge is 0.307 e. The van der Waals surface area contributed by atoms with E-state index in [0.29, 0.717) is 21.8 Å². The first-order valence-electron chi connectivity index (χ1n) is 10.2. The van der Waals surface area contributed by atoms with Gasteiger partial charge in [-0.1, -0.05) is 59.1 Å². The largest absolute Gasteiger partial charge is 0.481 e. The standard InChI is InChI=1S/C24H19Cl3N2O4S/c1-2-29(21-10-8-15(25)12-19(21)27)34(32,33)22-11-14(7-9-18(22)26)24-17(13-23(30)31)16-5-3-4-6-20(16)28-24/h3-12,28H,2,13H2,1H3,(H,30,31). The van der Waals surface area contributed by atoms with Crippen molar-refractivity contribution in [3.05, 3.63) is 81.3 Å². The number of carboxylic acid groups (broad SMARTS) is 1. The number of carbonyl (C=O) groups is 1. The molecule has 1 heterocycles. The highest BCUT2D eigenvalue weighted by Gasteiger charge is 2.29. The number of para-hydroxylation sites is 1. The average molecular weight is 538 g/mol. The van der Waals surface area contributed by atoms with Crippen molar-refractivity contribution in [2.75, 3.05) is 10.8 Å². The van der Waals surface area contributed by atoms with E-state index in [1.807, 2.05) is 24.3 Å². The summed E-state index contributed by atoms with van der Waals surface area (Å²) in [6.45, 7) is 1.78. The lowest BCUT2D eigenvalue weighted by Gasteiger charge is -2.25. The first-order chi connectivity index (χ1) is 16.1. The molecule has 1 aromatic heterocycles. The van der Waals surface area contributed by atoms with Crippen LogP contribution in [-0.2, 0) is 21.2 Å². The molecule has 0 aliphatic rings. The van der Waals surface area contributed by atoms with Gasteiger partial charge < -0.3 is 10.1 Å². The summed E-state index contributed by atoms with van der Waals surface area (Å²) in [5, 5.41) is 10.8. The predicted molar refractivity (Wildman–Crippen MR) is 137 cm³/mol. The summed E-state index contributed by atoms with van der Waals surface area (Å²) in [6.07, 6.45) is -0.231. The molecule has 6 nitrogen and oxygen atoms in total. The molecule has 4 aromatic rings. The summed E-state index contributed by atoms with van der Waals surface area (Å²) in [6, 6.07) is 16.4. The van der Waals surface area contributed by atoms with Gasteiger partial charge in [0, 0.05) is 22.5 Å². The van der Waals surface area contributed by atoms with Crippen LogP contribution in [0.3, 0.4) is 0 Å². The molecule has 3 aromatic carbocycles. The van der Waals surface area contributed by atoms with Crippen molar-refractivity contribution in [2.45, 2.75) is 18.2 Å². The number of sulfonamides is 1. The Morgan fingerprint density at radius 1 is 1.00 bits per heavy atom. The lowest BCUT2D eigenvalue weighted by molar-refractivity contribution is -0.136. The zero-order valence-electron chi connectivity index (χ0n) is 17.8. The molecule has 0 saturated heterocycles. The average Bonchev–Trinajstić information content (AvgIpc) is 3.13. The van der Waals surface area contributed by atoms with E-state index in [4.69, 9.17) is 34.8 Å². The molecule has 0 atom stereocenters. The zero-order valence-corrected chi connectivity index (χ0v) is 20.9. The molecule has 34 heavy (non-hydrogen) atoms. The third-order valence-corrected chi connectivity index (χ3v) is 8.30. The van der Waals surface area contributed by atoms with E-state index < -0.39 is 16.0 Å². The second-order valence-electron chi connectivity index (χ2n) is 7.51. The quantitative estimate of drug-likeness (QED) is 0.277. The van der Waals surface area contributed by atoms with Crippen molar-refractivity contribution in [1.29, 1.82) is 0 Å². The molecule has 0 unspecified atom stereocenters. The molecule has 10 heteroatoms. The van der Waals surface area contributed by atoms with Crippen molar-refractivity contribution in [2.24, 2.45) is 0 Å². The number of aromatic nitrogens is 1.